The molecule has 20 heavy (non-hydrogen) atoms. The van der Waals surface area contributed by atoms with E-state index in [0.29, 0.717) is 13.2 Å². The summed E-state index contributed by atoms with van der Waals surface area (Å²) in [6, 6.07) is 5.78. The summed E-state index contributed by atoms with van der Waals surface area (Å²) in [7, 11) is 1.82. The predicted molar refractivity (Wildman–Crippen MR) is 79.4 cm³/mol. The quantitative estimate of drug-likeness (QED) is 0.876. The molecule has 0 aliphatic heterocycles. The molecule has 2 rings (SSSR count). The lowest BCUT2D eigenvalue weighted by molar-refractivity contribution is 0.288. The Labute approximate surface area is 119 Å². The second-order valence-electron chi connectivity index (χ2n) is 4.07. The topological polar surface area (TPSA) is 56.3 Å². The Morgan fingerprint density at radius 3 is 2.50 bits per heavy atom. The van der Waals surface area contributed by atoms with Crippen molar-refractivity contribution in [1.29, 1.82) is 0 Å². The van der Waals surface area contributed by atoms with Crippen LogP contribution in [0.5, 0.6) is 11.5 Å². The maximum atomic E-state index is 5.62. The smallest absolute Gasteiger partial charge is 0.161 e. The molecule has 0 radical (unpaired) electrons. The minimum Gasteiger partial charge on any atom is -0.490 e. The van der Waals surface area contributed by atoms with Gasteiger partial charge in [0, 0.05) is 12.6 Å². The lowest BCUT2D eigenvalue weighted by atomic mass is 10.1. The maximum absolute atomic E-state index is 5.62. The third-order valence-electron chi connectivity index (χ3n) is 2.73. The molecule has 1 heterocycles. The SMILES string of the molecule is CCOc1ccc(-c2cncc(NC)n2)cc1OCC. The molecule has 0 bridgehead atoms. The zero-order valence-electron chi connectivity index (χ0n) is 12.0. The van der Waals surface area contributed by atoms with Gasteiger partial charge in [0.2, 0.25) is 0 Å². The number of nitrogens with zero attached hydrogens (tertiary/aromatic N) is 2. The summed E-state index contributed by atoms with van der Waals surface area (Å²) in [4.78, 5) is 8.64. The third kappa shape index (κ3) is 3.17. The highest BCUT2D eigenvalue weighted by molar-refractivity contribution is 5.64. The van der Waals surface area contributed by atoms with E-state index in [1.54, 1.807) is 12.4 Å². The van der Waals surface area contributed by atoms with Crippen LogP contribution >= 0.6 is 0 Å². The molecule has 0 saturated heterocycles. The summed E-state index contributed by atoms with van der Waals surface area (Å²) in [5.41, 5.74) is 1.74. The number of rotatable bonds is 6. The monoisotopic (exact) mass is 273 g/mol. The van der Waals surface area contributed by atoms with Crippen LogP contribution in [0.2, 0.25) is 0 Å². The van der Waals surface area contributed by atoms with E-state index in [0.717, 1.165) is 28.6 Å². The van der Waals surface area contributed by atoms with Crippen LogP contribution in [0.4, 0.5) is 5.82 Å². The van der Waals surface area contributed by atoms with Crippen LogP contribution in [-0.4, -0.2) is 30.2 Å². The molecule has 0 spiro atoms. The number of aromatic nitrogens is 2. The van der Waals surface area contributed by atoms with Crippen molar-refractivity contribution in [3.8, 4) is 22.8 Å². The van der Waals surface area contributed by atoms with E-state index in [2.05, 4.69) is 15.3 Å². The fraction of sp³-hybridized carbons (Fsp3) is 0.333. The van der Waals surface area contributed by atoms with Gasteiger partial charge in [0.25, 0.3) is 0 Å². The molecule has 2 aromatic rings. The number of anilines is 1. The number of ether oxygens (including phenoxy) is 2. The molecule has 0 atom stereocenters. The van der Waals surface area contributed by atoms with Crippen LogP contribution < -0.4 is 14.8 Å². The van der Waals surface area contributed by atoms with Gasteiger partial charge in [-0.25, -0.2) is 4.98 Å². The number of hydrogen-bond donors (Lipinski definition) is 1. The number of nitrogens with one attached hydrogen (secondary N) is 1. The number of benzene rings is 1. The second-order valence-corrected chi connectivity index (χ2v) is 4.07. The summed E-state index contributed by atoms with van der Waals surface area (Å²) >= 11 is 0. The van der Waals surface area contributed by atoms with Gasteiger partial charge in [-0.2, -0.15) is 0 Å². The molecule has 0 aliphatic carbocycles. The molecule has 0 amide bonds. The number of hydrogen-bond acceptors (Lipinski definition) is 5. The van der Waals surface area contributed by atoms with Gasteiger partial charge in [-0.05, 0) is 32.0 Å². The zero-order valence-corrected chi connectivity index (χ0v) is 12.0. The van der Waals surface area contributed by atoms with E-state index in [4.69, 9.17) is 9.47 Å². The third-order valence-corrected chi connectivity index (χ3v) is 2.73. The molecule has 0 saturated carbocycles. The Morgan fingerprint density at radius 2 is 1.80 bits per heavy atom. The van der Waals surface area contributed by atoms with Gasteiger partial charge in [-0.1, -0.05) is 0 Å². The maximum Gasteiger partial charge on any atom is 0.161 e. The fourth-order valence-electron chi connectivity index (χ4n) is 1.84. The van der Waals surface area contributed by atoms with Crippen molar-refractivity contribution >= 4 is 5.82 Å². The Hall–Kier alpha value is -2.30. The highest BCUT2D eigenvalue weighted by Crippen LogP contribution is 2.32. The van der Waals surface area contributed by atoms with Crippen LogP contribution in [0.1, 0.15) is 13.8 Å². The Balaban J connectivity index is 2.38. The first-order valence-electron chi connectivity index (χ1n) is 6.68. The van der Waals surface area contributed by atoms with E-state index in [1.807, 2.05) is 39.1 Å². The normalized spacial score (nSPS) is 10.2. The predicted octanol–water partition coefficient (Wildman–Crippen LogP) is 2.98. The first-order chi connectivity index (χ1) is 9.78. The minimum absolute atomic E-state index is 0.589. The average Bonchev–Trinajstić information content (AvgIpc) is 2.49. The Kier molecular flexibility index (Phi) is 4.76. The fourth-order valence-corrected chi connectivity index (χ4v) is 1.84. The highest BCUT2D eigenvalue weighted by Gasteiger charge is 2.09. The van der Waals surface area contributed by atoms with Gasteiger partial charge in [0.15, 0.2) is 11.5 Å². The largest absolute Gasteiger partial charge is 0.490 e. The summed E-state index contributed by atoms with van der Waals surface area (Å²) in [6.45, 7) is 5.09. The lowest BCUT2D eigenvalue weighted by Crippen LogP contribution is -1.99. The van der Waals surface area contributed by atoms with Crippen molar-refractivity contribution in [3.63, 3.8) is 0 Å². The van der Waals surface area contributed by atoms with Crippen LogP contribution in [0.3, 0.4) is 0 Å². The molecule has 1 N–H and O–H groups in total. The van der Waals surface area contributed by atoms with Crippen molar-refractivity contribution < 1.29 is 9.47 Å². The second kappa shape index (κ2) is 6.75. The van der Waals surface area contributed by atoms with E-state index >= 15 is 0 Å². The van der Waals surface area contributed by atoms with Gasteiger partial charge in [0.05, 0.1) is 31.3 Å². The summed E-state index contributed by atoms with van der Waals surface area (Å²) in [6.07, 6.45) is 3.41. The van der Waals surface area contributed by atoms with E-state index in [-0.39, 0.29) is 0 Å². The van der Waals surface area contributed by atoms with Gasteiger partial charge in [0.1, 0.15) is 5.82 Å². The molecule has 5 heteroatoms. The van der Waals surface area contributed by atoms with Crippen molar-refractivity contribution in [2.24, 2.45) is 0 Å². The Bertz CT molecular complexity index is 573. The summed E-state index contributed by atoms with van der Waals surface area (Å²) < 4.78 is 11.2. The molecule has 106 valence electrons. The molecule has 1 aromatic heterocycles. The van der Waals surface area contributed by atoms with Crippen molar-refractivity contribution in [1.82, 2.24) is 9.97 Å². The zero-order chi connectivity index (χ0) is 14.4. The molecular weight excluding hydrogens is 254 g/mol. The standard InChI is InChI=1S/C15H19N3O2/c1-4-19-13-7-6-11(8-14(13)20-5-2)12-9-17-10-15(16-3)18-12/h6-10H,4-5H2,1-3H3,(H,16,18). The van der Waals surface area contributed by atoms with Gasteiger partial charge < -0.3 is 14.8 Å². The van der Waals surface area contributed by atoms with E-state index in [9.17, 15) is 0 Å². The van der Waals surface area contributed by atoms with E-state index < -0.39 is 0 Å². The van der Waals surface area contributed by atoms with Gasteiger partial charge in [-0.3, -0.25) is 4.98 Å². The van der Waals surface area contributed by atoms with Crippen LogP contribution in [0.15, 0.2) is 30.6 Å². The van der Waals surface area contributed by atoms with Crippen molar-refractivity contribution in [2.45, 2.75) is 13.8 Å². The molecule has 0 unspecified atom stereocenters. The first-order valence-corrected chi connectivity index (χ1v) is 6.68. The molecule has 5 nitrogen and oxygen atoms in total. The summed E-state index contributed by atoms with van der Waals surface area (Å²) in [5.74, 6) is 2.20. The highest BCUT2D eigenvalue weighted by atomic mass is 16.5. The molecule has 0 fully saturated rings. The molecule has 0 aliphatic rings. The molecule has 1 aromatic carbocycles. The Morgan fingerprint density at radius 1 is 1.05 bits per heavy atom. The van der Waals surface area contributed by atoms with Crippen LogP contribution in [0, 0.1) is 0 Å². The molecular formula is C15H19N3O2. The summed E-state index contributed by atoms with van der Waals surface area (Å²) in [5, 5.41) is 2.98. The van der Waals surface area contributed by atoms with Crippen LogP contribution in [-0.2, 0) is 0 Å². The first kappa shape index (κ1) is 14.1. The van der Waals surface area contributed by atoms with Gasteiger partial charge >= 0.3 is 0 Å². The van der Waals surface area contributed by atoms with Crippen molar-refractivity contribution in [3.05, 3.63) is 30.6 Å². The van der Waals surface area contributed by atoms with E-state index in [1.165, 1.54) is 0 Å². The average molecular weight is 273 g/mol. The van der Waals surface area contributed by atoms with Crippen LogP contribution in [0.25, 0.3) is 11.3 Å². The van der Waals surface area contributed by atoms with Gasteiger partial charge in [-0.15, -0.1) is 0 Å². The van der Waals surface area contributed by atoms with Crippen molar-refractivity contribution in [2.75, 3.05) is 25.6 Å². The lowest BCUT2D eigenvalue weighted by Gasteiger charge is -2.12. The minimum atomic E-state index is 0.589.